The van der Waals surface area contributed by atoms with Crippen molar-refractivity contribution in [3.8, 4) is 11.5 Å². The Bertz CT molecular complexity index is 319. The first-order chi connectivity index (χ1) is 7.72. The van der Waals surface area contributed by atoms with E-state index in [9.17, 15) is 5.11 Å². The van der Waals surface area contributed by atoms with E-state index in [2.05, 4.69) is 0 Å². The third kappa shape index (κ3) is 3.12. The predicted molar refractivity (Wildman–Crippen MR) is 60.7 cm³/mol. The van der Waals surface area contributed by atoms with E-state index in [4.69, 9.17) is 14.2 Å². The van der Waals surface area contributed by atoms with E-state index in [1.54, 1.807) is 25.3 Å². The van der Waals surface area contributed by atoms with Crippen LogP contribution in [0.5, 0.6) is 11.5 Å². The van der Waals surface area contributed by atoms with Gasteiger partial charge in [-0.2, -0.15) is 0 Å². The van der Waals surface area contributed by atoms with Crippen molar-refractivity contribution in [2.45, 2.75) is 20.1 Å². The maximum absolute atomic E-state index is 9.45. The minimum atomic E-state index is -0.503. The minimum Gasteiger partial charge on any atom is -0.508 e. The van der Waals surface area contributed by atoms with Crippen molar-refractivity contribution in [2.75, 3.05) is 20.3 Å². The molecule has 0 bridgehead atoms. The van der Waals surface area contributed by atoms with Crippen LogP contribution >= 0.6 is 0 Å². The zero-order valence-corrected chi connectivity index (χ0v) is 9.90. The molecule has 0 saturated heterocycles. The number of benzene rings is 1. The molecule has 1 aromatic rings. The molecule has 0 fully saturated rings. The van der Waals surface area contributed by atoms with E-state index < -0.39 is 6.29 Å². The van der Waals surface area contributed by atoms with Crippen molar-refractivity contribution in [1.29, 1.82) is 0 Å². The van der Waals surface area contributed by atoms with Gasteiger partial charge in [0.05, 0.1) is 12.7 Å². The van der Waals surface area contributed by atoms with E-state index >= 15 is 0 Å². The Kier molecular flexibility index (Phi) is 5.08. The van der Waals surface area contributed by atoms with E-state index in [1.807, 2.05) is 13.8 Å². The molecule has 0 aliphatic heterocycles. The number of aromatic hydroxyl groups is 1. The Balaban J connectivity index is 3.00. The van der Waals surface area contributed by atoms with Gasteiger partial charge < -0.3 is 19.3 Å². The second-order valence-electron chi connectivity index (χ2n) is 3.17. The quantitative estimate of drug-likeness (QED) is 0.757. The SMILES string of the molecule is CCOC(OCC)c1cc(O)ccc1OC. The summed E-state index contributed by atoms with van der Waals surface area (Å²) in [6.45, 7) is 4.84. The third-order valence-electron chi connectivity index (χ3n) is 2.10. The lowest BCUT2D eigenvalue weighted by molar-refractivity contribution is -0.141. The number of hydrogen-bond donors (Lipinski definition) is 1. The molecule has 0 spiro atoms. The standard InChI is InChI=1S/C12H18O4/c1-4-15-12(16-5-2)10-8-9(13)6-7-11(10)14-3/h6-8,12-13H,4-5H2,1-3H3. The molecular formula is C12H18O4. The Labute approximate surface area is 95.8 Å². The van der Waals surface area contributed by atoms with Crippen LogP contribution in [-0.2, 0) is 9.47 Å². The molecule has 0 aromatic heterocycles. The number of methoxy groups -OCH3 is 1. The lowest BCUT2D eigenvalue weighted by Crippen LogP contribution is -2.10. The average Bonchev–Trinajstić information content (AvgIpc) is 2.29. The number of ether oxygens (including phenoxy) is 3. The van der Waals surface area contributed by atoms with Gasteiger partial charge in [0, 0.05) is 13.2 Å². The first-order valence-corrected chi connectivity index (χ1v) is 5.33. The molecule has 0 aliphatic carbocycles. The molecule has 0 amide bonds. The summed E-state index contributed by atoms with van der Waals surface area (Å²) in [5.74, 6) is 0.810. The Hall–Kier alpha value is -1.26. The summed E-state index contributed by atoms with van der Waals surface area (Å²) >= 11 is 0. The Morgan fingerprint density at radius 1 is 1.19 bits per heavy atom. The number of phenolic OH excluding ortho intramolecular Hbond substituents is 1. The first-order valence-electron chi connectivity index (χ1n) is 5.33. The van der Waals surface area contributed by atoms with Gasteiger partial charge in [0.2, 0.25) is 0 Å². The van der Waals surface area contributed by atoms with Crippen LogP contribution in [0.2, 0.25) is 0 Å². The summed E-state index contributed by atoms with van der Waals surface area (Å²) in [4.78, 5) is 0. The Morgan fingerprint density at radius 3 is 2.31 bits per heavy atom. The molecule has 1 rings (SSSR count). The average molecular weight is 226 g/mol. The molecule has 1 aromatic carbocycles. The lowest BCUT2D eigenvalue weighted by atomic mass is 10.2. The van der Waals surface area contributed by atoms with E-state index in [-0.39, 0.29) is 5.75 Å². The van der Waals surface area contributed by atoms with Crippen LogP contribution < -0.4 is 4.74 Å². The molecule has 4 heteroatoms. The normalized spacial score (nSPS) is 10.8. The van der Waals surface area contributed by atoms with Gasteiger partial charge >= 0.3 is 0 Å². The topological polar surface area (TPSA) is 47.9 Å². The predicted octanol–water partition coefficient (Wildman–Crippen LogP) is 2.47. The highest BCUT2D eigenvalue weighted by Gasteiger charge is 2.17. The third-order valence-corrected chi connectivity index (χ3v) is 2.10. The van der Waals surface area contributed by atoms with Crippen molar-refractivity contribution >= 4 is 0 Å². The maximum Gasteiger partial charge on any atom is 0.187 e. The summed E-state index contributed by atoms with van der Waals surface area (Å²) in [5, 5.41) is 9.45. The Morgan fingerprint density at radius 2 is 1.81 bits per heavy atom. The molecule has 0 radical (unpaired) electrons. The molecule has 0 heterocycles. The second kappa shape index (κ2) is 6.35. The highest BCUT2D eigenvalue weighted by molar-refractivity contribution is 5.40. The van der Waals surface area contributed by atoms with Gasteiger partial charge in [-0.3, -0.25) is 0 Å². The van der Waals surface area contributed by atoms with Crippen molar-refractivity contribution in [1.82, 2.24) is 0 Å². The van der Waals surface area contributed by atoms with Gasteiger partial charge in [0.25, 0.3) is 0 Å². The van der Waals surface area contributed by atoms with Crippen LogP contribution in [0.4, 0.5) is 0 Å². The van der Waals surface area contributed by atoms with Gasteiger partial charge in [0.1, 0.15) is 11.5 Å². The van der Waals surface area contributed by atoms with E-state index in [1.165, 1.54) is 0 Å². The first kappa shape index (κ1) is 12.8. The van der Waals surface area contributed by atoms with Crippen LogP contribution in [0.1, 0.15) is 25.7 Å². The van der Waals surface area contributed by atoms with Gasteiger partial charge in [-0.05, 0) is 32.0 Å². The van der Waals surface area contributed by atoms with Crippen molar-refractivity contribution in [3.63, 3.8) is 0 Å². The lowest BCUT2D eigenvalue weighted by Gasteiger charge is -2.19. The molecule has 16 heavy (non-hydrogen) atoms. The molecule has 0 saturated carbocycles. The van der Waals surface area contributed by atoms with Gasteiger partial charge in [-0.15, -0.1) is 0 Å². The minimum absolute atomic E-state index is 0.167. The summed E-state index contributed by atoms with van der Waals surface area (Å²) in [5.41, 5.74) is 0.700. The van der Waals surface area contributed by atoms with Crippen LogP contribution in [-0.4, -0.2) is 25.4 Å². The fourth-order valence-electron chi connectivity index (χ4n) is 1.44. The molecular weight excluding hydrogens is 208 g/mol. The van der Waals surface area contributed by atoms with E-state index in [0.717, 1.165) is 0 Å². The molecule has 90 valence electrons. The van der Waals surface area contributed by atoms with Gasteiger partial charge in [-0.1, -0.05) is 0 Å². The zero-order chi connectivity index (χ0) is 12.0. The van der Waals surface area contributed by atoms with Crippen molar-refractivity contribution in [2.24, 2.45) is 0 Å². The molecule has 1 N–H and O–H groups in total. The van der Waals surface area contributed by atoms with Gasteiger partial charge in [0.15, 0.2) is 6.29 Å². The monoisotopic (exact) mass is 226 g/mol. The second-order valence-corrected chi connectivity index (χ2v) is 3.17. The van der Waals surface area contributed by atoms with Crippen molar-refractivity contribution in [3.05, 3.63) is 23.8 Å². The molecule has 0 aliphatic rings. The summed E-state index contributed by atoms with van der Waals surface area (Å²) < 4.78 is 16.1. The van der Waals surface area contributed by atoms with Crippen LogP contribution in [0.25, 0.3) is 0 Å². The highest BCUT2D eigenvalue weighted by Crippen LogP contribution is 2.31. The smallest absolute Gasteiger partial charge is 0.187 e. The maximum atomic E-state index is 9.45. The number of phenols is 1. The largest absolute Gasteiger partial charge is 0.508 e. The summed E-state index contributed by atoms with van der Waals surface area (Å²) in [6.07, 6.45) is -0.503. The fraction of sp³-hybridized carbons (Fsp3) is 0.500. The van der Waals surface area contributed by atoms with E-state index in [0.29, 0.717) is 24.5 Å². The highest BCUT2D eigenvalue weighted by atomic mass is 16.7. The van der Waals surface area contributed by atoms with Crippen molar-refractivity contribution < 1.29 is 19.3 Å². The van der Waals surface area contributed by atoms with Crippen LogP contribution in [0, 0.1) is 0 Å². The molecule has 0 atom stereocenters. The number of hydrogen-bond acceptors (Lipinski definition) is 4. The zero-order valence-electron chi connectivity index (χ0n) is 9.90. The summed E-state index contributed by atoms with van der Waals surface area (Å²) in [6, 6.07) is 4.85. The molecule has 0 unspecified atom stereocenters. The van der Waals surface area contributed by atoms with Crippen LogP contribution in [0.15, 0.2) is 18.2 Å². The summed E-state index contributed by atoms with van der Waals surface area (Å²) in [7, 11) is 1.57. The molecule has 4 nitrogen and oxygen atoms in total. The van der Waals surface area contributed by atoms with Gasteiger partial charge in [-0.25, -0.2) is 0 Å². The van der Waals surface area contributed by atoms with Crippen LogP contribution in [0.3, 0.4) is 0 Å². The number of rotatable bonds is 6. The fourth-order valence-corrected chi connectivity index (χ4v) is 1.44.